The van der Waals surface area contributed by atoms with E-state index in [1.807, 2.05) is 37.1 Å². The molecule has 0 aliphatic carbocycles. The van der Waals surface area contributed by atoms with Crippen LogP contribution in [0.5, 0.6) is 0 Å². The van der Waals surface area contributed by atoms with Crippen LogP contribution in [0, 0.1) is 12.7 Å². The summed E-state index contributed by atoms with van der Waals surface area (Å²) in [5.41, 5.74) is 8.57. The van der Waals surface area contributed by atoms with Crippen LogP contribution in [0.2, 0.25) is 0 Å². The number of pyridine rings is 1. The van der Waals surface area contributed by atoms with Gasteiger partial charge in [-0.05, 0) is 30.7 Å². The molecular weight excluding hydrogens is 241 g/mol. The summed E-state index contributed by atoms with van der Waals surface area (Å²) in [5, 5.41) is 0. The van der Waals surface area contributed by atoms with Gasteiger partial charge in [-0.15, -0.1) is 0 Å². The van der Waals surface area contributed by atoms with Gasteiger partial charge in [0.15, 0.2) is 0 Å². The normalized spacial score (nSPS) is 10.5. The molecule has 0 radical (unpaired) electrons. The quantitative estimate of drug-likeness (QED) is 0.917. The predicted octanol–water partition coefficient (Wildman–Crippen LogP) is 2.62. The molecule has 0 aliphatic heterocycles. The van der Waals surface area contributed by atoms with Gasteiger partial charge in [-0.1, -0.05) is 18.2 Å². The second-order valence-electron chi connectivity index (χ2n) is 4.63. The SMILES string of the molecule is Cc1ccc(CN)c(N(C)Cc2cccc(F)c2)n1. The molecule has 2 N–H and O–H groups in total. The summed E-state index contributed by atoms with van der Waals surface area (Å²) in [5.74, 6) is 0.633. The fourth-order valence-electron chi connectivity index (χ4n) is 2.05. The van der Waals surface area contributed by atoms with Gasteiger partial charge in [0, 0.05) is 31.4 Å². The van der Waals surface area contributed by atoms with E-state index in [4.69, 9.17) is 5.73 Å². The van der Waals surface area contributed by atoms with Crippen LogP contribution in [0.1, 0.15) is 16.8 Å². The lowest BCUT2D eigenvalue weighted by molar-refractivity contribution is 0.625. The van der Waals surface area contributed by atoms with Gasteiger partial charge in [0.05, 0.1) is 0 Å². The Morgan fingerprint density at radius 2 is 2.05 bits per heavy atom. The van der Waals surface area contributed by atoms with E-state index >= 15 is 0 Å². The van der Waals surface area contributed by atoms with Crippen molar-refractivity contribution in [1.82, 2.24) is 4.98 Å². The summed E-state index contributed by atoms with van der Waals surface area (Å²) in [6.07, 6.45) is 0. The van der Waals surface area contributed by atoms with Crippen molar-refractivity contribution in [2.75, 3.05) is 11.9 Å². The van der Waals surface area contributed by atoms with Gasteiger partial charge in [0.2, 0.25) is 0 Å². The summed E-state index contributed by atoms with van der Waals surface area (Å²) in [4.78, 5) is 6.50. The third-order valence-electron chi connectivity index (χ3n) is 2.99. The predicted molar refractivity (Wildman–Crippen MR) is 75.4 cm³/mol. The third-order valence-corrected chi connectivity index (χ3v) is 2.99. The van der Waals surface area contributed by atoms with Gasteiger partial charge in [-0.3, -0.25) is 0 Å². The van der Waals surface area contributed by atoms with Crippen LogP contribution in [-0.4, -0.2) is 12.0 Å². The zero-order valence-electron chi connectivity index (χ0n) is 11.2. The molecule has 0 spiro atoms. The highest BCUT2D eigenvalue weighted by molar-refractivity contribution is 5.47. The minimum atomic E-state index is -0.220. The van der Waals surface area contributed by atoms with Crippen LogP contribution in [0.4, 0.5) is 10.2 Å². The molecule has 2 aromatic rings. The fourth-order valence-corrected chi connectivity index (χ4v) is 2.05. The van der Waals surface area contributed by atoms with E-state index in [0.717, 1.165) is 22.6 Å². The summed E-state index contributed by atoms with van der Waals surface area (Å²) < 4.78 is 13.2. The topological polar surface area (TPSA) is 42.1 Å². The van der Waals surface area contributed by atoms with Crippen molar-refractivity contribution in [2.24, 2.45) is 5.73 Å². The molecule has 0 unspecified atom stereocenters. The smallest absolute Gasteiger partial charge is 0.133 e. The van der Waals surface area contributed by atoms with Gasteiger partial charge in [0.1, 0.15) is 11.6 Å². The van der Waals surface area contributed by atoms with Crippen LogP contribution in [0.15, 0.2) is 36.4 Å². The Morgan fingerprint density at radius 1 is 1.26 bits per heavy atom. The molecular formula is C15H18FN3. The summed E-state index contributed by atoms with van der Waals surface area (Å²) in [7, 11) is 1.94. The van der Waals surface area contributed by atoms with Gasteiger partial charge in [-0.2, -0.15) is 0 Å². The van der Waals surface area contributed by atoms with E-state index in [9.17, 15) is 4.39 Å². The van der Waals surface area contributed by atoms with Crippen LogP contribution < -0.4 is 10.6 Å². The highest BCUT2D eigenvalue weighted by Gasteiger charge is 2.09. The highest BCUT2D eigenvalue weighted by Crippen LogP contribution is 2.19. The van der Waals surface area contributed by atoms with Gasteiger partial charge in [0.25, 0.3) is 0 Å². The number of aryl methyl sites for hydroxylation is 1. The minimum Gasteiger partial charge on any atom is -0.355 e. The number of nitrogens with zero attached hydrogens (tertiary/aromatic N) is 2. The van der Waals surface area contributed by atoms with Crippen molar-refractivity contribution in [3.8, 4) is 0 Å². The molecule has 3 nitrogen and oxygen atoms in total. The maximum Gasteiger partial charge on any atom is 0.133 e. The molecule has 0 saturated carbocycles. The van der Waals surface area contributed by atoms with Crippen molar-refractivity contribution in [3.05, 3.63) is 59.0 Å². The first-order valence-corrected chi connectivity index (χ1v) is 6.22. The van der Waals surface area contributed by atoms with Crippen molar-refractivity contribution < 1.29 is 4.39 Å². The Kier molecular flexibility index (Phi) is 4.12. The maximum absolute atomic E-state index is 13.2. The number of aromatic nitrogens is 1. The van der Waals surface area contributed by atoms with Crippen LogP contribution in [-0.2, 0) is 13.1 Å². The second-order valence-corrected chi connectivity index (χ2v) is 4.63. The summed E-state index contributed by atoms with van der Waals surface area (Å²) >= 11 is 0. The molecule has 1 aromatic carbocycles. The molecule has 19 heavy (non-hydrogen) atoms. The molecule has 0 aliphatic rings. The maximum atomic E-state index is 13.2. The molecule has 0 amide bonds. The lowest BCUT2D eigenvalue weighted by Crippen LogP contribution is -2.20. The van der Waals surface area contributed by atoms with Gasteiger partial charge in [-0.25, -0.2) is 9.37 Å². The third kappa shape index (κ3) is 3.29. The number of anilines is 1. The molecule has 0 atom stereocenters. The number of hydrogen-bond acceptors (Lipinski definition) is 3. The van der Waals surface area contributed by atoms with Crippen molar-refractivity contribution in [1.29, 1.82) is 0 Å². The van der Waals surface area contributed by atoms with Crippen LogP contribution >= 0.6 is 0 Å². The number of nitrogens with two attached hydrogens (primary N) is 1. The van der Waals surface area contributed by atoms with E-state index in [1.54, 1.807) is 6.07 Å². The Balaban J connectivity index is 2.24. The second kappa shape index (κ2) is 5.80. The lowest BCUT2D eigenvalue weighted by Gasteiger charge is -2.21. The number of hydrogen-bond donors (Lipinski definition) is 1. The molecule has 2 rings (SSSR count). The zero-order valence-corrected chi connectivity index (χ0v) is 11.2. The van der Waals surface area contributed by atoms with E-state index < -0.39 is 0 Å². The molecule has 0 saturated heterocycles. The molecule has 0 fully saturated rings. The van der Waals surface area contributed by atoms with E-state index in [0.29, 0.717) is 13.1 Å². The first-order chi connectivity index (χ1) is 9.10. The molecule has 1 aromatic heterocycles. The number of halogens is 1. The number of rotatable bonds is 4. The average Bonchev–Trinajstić information content (AvgIpc) is 2.38. The zero-order chi connectivity index (χ0) is 13.8. The van der Waals surface area contributed by atoms with E-state index in [1.165, 1.54) is 12.1 Å². The Bertz CT molecular complexity index is 569. The number of benzene rings is 1. The summed E-state index contributed by atoms with van der Waals surface area (Å²) in [6, 6.07) is 10.5. The first kappa shape index (κ1) is 13.5. The standard InChI is InChI=1S/C15H18FN3/c1-11-6-7-13(9-17)15(18-11)19(2)10-12-4-3-5-14(16)8-12/h3-8H,9-10,17H2,1-2H3. The minimum absolute atomic E-state index is 0.220. The molecule has 0 bridgehead atoms. The van der Waals surface area contributed by atoms with Crippen molar-refractivity contribution >= 4 is 5.82 Å². The monoisotopic (exact) mass is 259 g/mol. The van der Waals surface area contributed by atoms with Crippen LogP contribution in [0.25, 0.3) is 0 Å². The highest BCUT2D eigenvalue weighted by atomic mass is 19.1. The van der Waals surface area contributed by atoms with Gasteiger partial charge < -0.3 is 10.6 Å². The Labute approximate surface area is 112 Å². The molecule has 4 heteroatoms. The Morgan fingerprint density at radius 3 is 2.74 bits per heavy atom. The Hall–Kier alpha value is -1.94. The average molecular weight is 259 g/mol. The molecule has 1 heterocycles. The van der Waals surface area contributed by atoms with Crippen LogP contribution in [0.3, 0.4) is 0 Å². The first-order valence-electron chi connectivity index (χ1n) is 6.22. The van der Waals surface area contributed by atoms with Crippen molar-refractivity contribution in [3.63, 3.8) is 0 Å². The fraction of sp³-hybridized carbons (Fsp3) is 0.267. The summed E-state index contributed by atoms with van der Waals surface area (Å²) in [6.45, 7) is 2.98. The lowest BCUT2D eigenvalue weighted by atomic mass is 10.2. The van der Waals surface area contributed by atoms with Gasteiger partial charge >= 0.3 is 0 Å². The van der Waals surface area contributed by atoms with E-state index in [2.05, 4.69) is 4.98 Å². The van der Waals surface area contributed by atoms with Crippen molar-refractivity contribution in [2.45, 2.75) is 20.0 Å². The largest absolute Gasteiger partial charge is 0.355 e. The molecule has 100 valence electrons. The van der Waals surface area contributed by atoms with E-state index in [-0.39, 0.29) is 5.82 Å².